The molecule has 1 atom stereocenters. The molecule has 1 aliphatic rings. The van der Waals surface area contributed by atoms with Crippen LogP contribution < -0.4 is 10.1 Å². The second-order valence-corrected chi connectivity index (χ2v) is 8.34. The number of hydrogen-bond donors (Lipinski definition) is 1. The molecule has 1 aliphatic heterocycles. The van der Waals surface area contributed by atoms with Gasteiger partial charge in [-0.15, -0.1) is 0 Å². The van der Waals surface area contributed by atoms with Crippen molar-refractivity contribution in [3.63, 3.8) is 0 Å². The van der Waals surface area contributed by atoms with Gasteiger partial charge < -0.3 is 10.1 Å². The minimum absolute atomic E-state index is 0.0141. The third-order valence-corrected chi connectivity index (χ3v) is 5.90. The largest absolute Gasteiger partial charge is 0.488 e. The van der Waals surface area contributed by atoms with Crippen LogP contribution in [0.5, 0.6) is 5.75 Å². The topological polar surface area (TPSA) is 85.4 Å². The average Bonchev–Trinajstić information content (AvgIpc) is 3.33. The van der Waals surface area contributed by atoms with Crippen molar-refractivity contribution < 1.29 is 17.9 Å². The molecular weight excluding hydrogens is 449 g/mol. The highest BCUT2D eigenvalue weighted by Gasteiger charge is 2.33. The van der Waals surface area contributed by atoms with Crippen LogP contribution >= 0.6 is 0 Å². The molecule has 4 aromatic heterocycles. The summed E-state index contributed by atoms with van der Waals surface area (Å²) in [6, 6.07) is 6.81. The van der Waals surface area contributed by atoms with Crippen molar-refractivity contribution in [2.24, 2.45) is 7.05 Å². The Morgan fingerprint density at radius 2 is 1.97 bits per heavy atom. The molecular formula is C22H23F3N8O. The van der Waals surface area contributed by atoms with Gasteiger partial charge >= 0.3 is 6.18 Å². The number of ether oxygens (including phenoxy) is 1. The Hall–Kier alpha value is -3.67. The fourth-order valence-corrected chi connectivity index (χ4v) is 3.93. The van der Waals surface area contributed by atoms with Gasteiger partial charge in [0.05, 0.1) is 11.7 Å². The summed E-state index contributed by atoms with van der Waals surface area (Å²) in [5.41, 5.74) is 1.45. The van der Waals surface area contributed by atoms with E-state index in [0.29, 0.717) is 24.2 Å². The number of aromatic nitrogens is 6. The predicted octanol–water partition coefficient (Wildman–Crippen LogP) is 3.68. The molecule has 0 unspecified atom stereocenters. The van der Waals surface area contributed by atoms with Crippen molar-refractivity contribution in [1.82, 2.24) is 34.3 Å². The fourth-order valence-electron chi connectivity index (χ4n) is 3.93. The molecule has 4 aromatic rings. The van der Waals surface area contributed by atoms with Crippen LogP contribution in [0.1, 0.15) is 17.9 Å². The highest BCUT2D eigenvalue weighted by molar-refractivity contribution is 5.72. The SMILES string of the molecule is Cc1nc(Nc2cc3cc(-c4c(OC[C@H]5CCN5C)cnn4C)ccn3n2)cc(C(F)(F)F)n1. The monoisotopic (exact) mass is 472 g/mol. The Kier molecular flexibility index (Phi) is 5.39. The number of rotatable bonds is 6. The normalized spacial score (nSPS) is 16.6. The molecule has 0 radical (unpaired) electrons. The summed E-state index contributed by atoms with van der Waals surface area (Å²) in [6.45, 7) is 3.08. The lowest BCUT2D eigenvalue weighted by Crippen LogP contribution is -2.48. The molecule has 0 aromatic carbocycles. The number of likely N-dealkylation sites (N-methyl/N-ethyl adjacent to an activating group) is 1. The number of nitrogens with one attached hydrogen (secondary N) is 1. The number of nitrogens with zero attached hydrogens (tertiary/aromatic N) is 7. The van der Waals surface area contributed by atoms with Crippen molar-refractivity contribution >= 4 is 17.2 Å². The lowest BCUT2D eigenvalue weighted by Gasteiger charge is -2.37. The Balaban J connectivity index is 1.40. The zero-order valence-electron chi connectivity index (χ0n) is 18.8. The number of anilines is 2. The standard InChI is InChI=1S/C22H23F3N8O/c1-13-27-18(22(23,24)25)10-19(28-13)29-20-9-16-8-14(4-7-33(16)30-20)21-17(11-26-32(21)3)34-12-15-5-6-31(15)2/h4,7-11,15H,5-6,12H2,1-3H3,(H,27,28,29,30)/t15-/m1/s1. The number of halogens is 3. The first-order chi connectivity index (χ1) is 16.2. The van der Waals surface area contributed by atoms with Crippen LogP contribution in [-0.4, -0.2) is 60.5 Å². The van der Waals surface area contributed by atoms with Gasteiger partial charge in [-0.2, -0.15) is 23.4 Å². The van der Waals surface area contributed by atoms with Crippen molar-refractivity contribution in [3.8, 4) is 17.0 Å². The Morgan fingerprint density at radius 1 is 1.15 bits per heavy atom. The smallest absolute Gasteiger partial charge is 0.433 e. The molecule has 12 heteroatoms. The third-order valence-electron chi connectivity index (χ3n) is 5.90. The van der Waals surface area contributed by atoms with Gasteiger partial charge in [0, 0.05) is 37.0 Å². The van der Waals surface area contributed by atoms with Gasteiger partial charge in [-0.1, -0.05) is 0 Å². The summed E-state index contributed by atoms with van der Waals surface area (Å²) in [7, 11) is 3.93. The maximum Gasteiger partial charge on any atom is 0.433 e. The van der Waals surface area contributed by atoms with Gasteiger partial charge in [0.25, 0.3) is 0 Å². The number of fused-ring (bicyclic) bond motifs is 1. The average molecular weight is 472 g/mol. The summed E-state index contributed by atoms with van der Waals surface area (Å²) in [4.78, 5) is 9.75. The second kappa shape index (κ2) is 8.28. The van der Waals surface area contributed by atoms with E-state index in [9.17, 15) is 13.2 Å². The van der Waals surface area contributed by atoms with Gasteiger partial charge in [0.1, 0.15) is 29.6 Å². The quantitative estimate of drug-likeness (QED) is 0.458. The van der Waals surface area contributed by atoms with Crippen molar-refractivity contribution in [1.29, 1.82) is 0 Å². The summed E-state index contributed by atoms with van der Waals surface area (Å²) < 4.78 is 48.7. The van der Waals surface area contributed by atoms with Crippen molar-refractivity contribution in [3.05, 3.63) is 48.2 Å². The van der Waals surface area contributed by atoms with Crippen LogP contribution in [0.25, 0.3) is 16.8 Å². The van der Waals surface area contributed by atoms with Crippen molar-refractivity contribution in [2.75, 3.05) is 25.5 Å². The predicted molar refractivity (Wildman–Crippen MR) is 119 cm³/mol. The van der Waals surface area contributed by atoms with E-state index in [1.165, 1.54) is 6.92 Å². The zero-order valence-corrected chi connectivity index (χ0v) is 18.8. The van der Waals surface area contributed by atoms with Gasteiger partial charge in [-0.25, -0.2) is 14.5 Å². The molecule has 1 fully saturated rings. The highest BCUT2D eigenvalue weighted by Crippen LogP contribution is 2.32. The van der Waals surface area contributed by atoms with E-state index in [2.05, 4.69) is 37.4 Å². The van der Waals surface area contributed by atoms with E-state index in [4.69, 9.17) is 4.74 Å². The molecule has 1 saturated heterocycles. The first-order valence-electron chi connectivity index (χ1n) is 10.7. The minimum atomic E-state index is -4.56. The van der Waals surface area contributed by atoms with Crippen molar-refractivity contribution in [2.45, 2.75) is 25.6 Å². The lowest BCUT2D eigenvalue weighted by molar-refractivity contribution is -0.141. The lowest BCUT2D eigenvalue weighted by atomic mass is 10.1. The van der Waals surface area contributed by atoms with Gasteiger partial charge in [-0.05, 0) is 39.1 Å². The molecule has 0 amide bonds. The second-order valence-electron chi connectivity index (χ2n) is 8.34. The molecule has 34 heavy (non-hydrogen) atoms. The van der Waals surface area contributed by atoms with Gasteiger partial charge in [-0.3, -0.25) is 9.58 Å². The van der Waals surface area contributed by atoms with E-state index < -0.39 is 11.9 Å². The molecule has 9 nitrogen and oxygen atoms in total. The molecule has 178 valence electrons. The summed E-state index contributed by atoms with van der Waals surface area (Å²) in [6.07, 6.45) is 0.0325. The van der Waals surface area contributed by atoms with E-state index >= 15 is 0 Å². The van der Waals surface area contributed by atoms with Crippen LogP contribution in [0.4, 0.5) is 24.8 Å². The molecule has 0 saturated carbocycles. The van der Waals surface area contributed by atoms with Crippen LogP contribution in [0.2, 0.25) is 0 Å². The highest BCUT2D eigenvalue weighted by atomic mass is 19.4. The Labute approximate surface area is 193 Å². The first-order valence-corrected chi connectivity index (χ1v) is 10.7. The van der Waals surface area contributed by atoms with Crippen LogP contribution in [-0.2, 0) is 13.2 Å². The number of likely N-dealkylation sites (tertiary alicyclic amines) is 1. The Bertz CT molecular complexity index is 1350. The number of pyridine rings is 1. The summed E-state index contributed by atoms with van der Waals surface area (Å²) >= 11 is 0. The van der Waals surface area contributed by atoms with E-state index in [1.54, 1.807) is 27.7 Å². The van der Waals surface area contributed by atoms with Crippen LogP contribution in [0.3, 0.4) is 0 Å². The molecule has 0 bridgehead atoms. The number of hydrogen-bond acceptors (Lipinski definition) is 7. The summed E-state index contributed by atoms with van der Waals surface area (Å²) in [5.74, 6) is 1.09. The van der Waals surface area contributed by atoms with E-state index in [0.717, 1.165) is 35.8 Å². The first kappa shape index (κ1) is 22.1. The van der Waals surface area contributed by atoms with E-state index in [1.807, 2.05) is 19.2 Å². The maximum absolute atomic E-state index is 13.1. The number of aryl methyl sites for hydroxylation is 2. The Morgan fingerprint density at radius 3 is 2.68 bits per heavy atom. The van der Waals surface area contributed by atoms with Gasteiger partial charge in [0.2, 0.25) is 0 Å². The van der Waals surface area contributed by atoms with Crippen LogP contribution in [0, 0.1) is 6.92 Å². The zero-order chi connectivity index (χ0) is 24.0. The minimum Gasteiger partial charge on any atom is -0.488 e. The molecule has 5 rings (SSSR count). The fraction of sp³-hybridized carbons (Fsp3) is 0.364. The molecule has 0 spiro atoms. The molecule has 1 N–H and O–H groups in total. The van der Waals surface area contributed by atoms with E-state index in [-0.39, 0.29) is 11.6 Å². The molecule has 5 heterocycles. The third kappa shape index (κ3) is 4.28. The molecule has 0 aliphatic carbocycles. The maximum atomic E-state index is 13.1. The van der Waals surface area contributed by atoms with Gasteiger partial charge in [0.15, 0.2) is 11.6 Å². The number of alkyl halides is 3. The summed E-state index contributed by atoms with van der Waals surface area (Å²) in [5, 5.41) is 11.6. The van der Waals surface area contributed by atoms with Crippen LogP contribution in [0.15, 0.2) is 36.7 Å².